The second-order valence-electron chi connectivity index (χ2n) is 12.6. The fourth-order valence-corrected chi connectivity index (χ4v) is 7.68. The van der Waals surface area contributed by atoms with Gasteiger partial charge in [-0.3, -0.25) is 17.9 Å². The summed E-state index contributed by atoms with van der Waals surface area (Å²) in [6.07, 6.45) is 0. The van der Waals surface area contributed by atoms with Crippen molar-refractivity contribution in [3.8, 4) is 17.1 Å². The average molecular weight is 610 g/mol. The predicted octanol–water partition coefficient (Wildman–Crippen LogP) is 9.20. The van der Waals surface area contributed by atoms with Gasteiger partial charge in [-0.05, 0) is 88.4 Å². The molecule has 0 bridgehead atoms. The second kappa shape index (κ2) is 9.23. The molecular weight excluding hydrogens is 578 g/mol. The Bertz CT molecular complexity index is 2900. The molecule has 47 heavy (non-hydrogen) atoms. The molecule has 5 aromatic heterocycles. The topological polar surface area (TPSA) is 49.4 Å². The zero-order chi connectivity index (χ0) is 31.6. The Hall–Kier alpha value is -6.08. The molecule has 0 saturated carbocycles. The van der Waals surface area contributed by atoms with Crippen LogP contribution in [0, 0.1) is 27.7 Å². The zero-order valence-corrected chi connectivity index (χ0v) is 26.6. The number of aryl methyl sites for hydroxylation is 3. The normalized spacial score (nSPS) is 12.3. The van der Waals surface area contributed by atoms with E-state index >= 15 is 0 Å². The van der Waals surface area contributed by atoms with Gasteiger partial charge in [-0.25, -0.2) is 9.97 Å². The van der Waals surface area contributed by atoms with Crippen molar-refractivity contribution in [3.63, 3.8) is 0 Å². The minimum atomic E-state index is 0.907. The molecule has 0 fully saturated rings. The van der Waals surface area contributed by atoms with Gasteiger partial charge in [0.25, 0.3) is 0 Å². The zero-order valence-electron chi connectivity index (χ0n) is 26.6. The summed E-state index contributed by atoms with van der Waals surface area (Å²) in [5, 5.41) is 2.44. The maximum Gasteiger partial charge on any atom is 0.220 e. The standard InChI is InChI=1S/C40H31N7/c1-24-25(2)43-26(3)27(4)44(39(43)41-24)28-12-11-13-29(22-28)45-34-16-7-5-14-31(34)32-21-20-30(23-38(32)45)46-36-18-9-10-19-37(36)47-35-17-8-6-15-33(35)42-40(46)47/h5-23H,1-4H3. The molecule has 5 heterocycles. The van der Waals surface area contributed by atoms with Crippen LogP contribution in [0.3, 0.4) is 0 Å². The van der Waals surface area contributed by atoms with Gasteiger partial charge in [0.15, 0.2) is 0 Å². The molecule has 0 N–H and O–H groups in total. The number of nitrogens with zero attached hydrogens (tertiary/aromatic N) is 7. The van der Waals surface area contributed by atoms with Crippen molar-refractivity contribution in [1.82, 2.24) is 32.5 Å². The Balaban J connectivity index is 1.25. The van der Waals surface area contributed by atoms with E-state index in [1.165, 1.54) is 33.4 Å². The summed E-state index contributed by atoms with van der Waals surface area (Å²) >= 11 is 0. The van der Waals surface area contributed by atoms with Crippen LogP contribution in [0.2, 0.25) is 0 Å². The second-order valence-corrected chi connectivity index (χ2v) is 12.6. The third-order valence-corrected chi connectivity index (χ3v) is 10.1. The minimum absolute atomic E-state index is 0.907. The lowest BCUT2D eigenvalue weighted by molar-refractivity contribution is 1.01. The van der Waals surface area contributed by atoms with E-state index in [0.29, 0.717) is 0 Å². The molecule has 0 radical (unpaired) electrons. The summed E-state index contributed by atoms with van der Waals surface area (Å²) in [7, 11) is 0. The van der Waals surface area contributed by atoms with Gasteiger partial charge in [-0.15, -0.1) is 0 Å². The van der Waals surface area contributed by atoms with Crippen molar-refractivity contribution in [2.45, 2.75) is 27.7 Å². The highest BCUT2D eigenvalue weighted by molar-refractivity contribution is 6.10. The summed E-state index contributed by atoms with van der Waals surface area (Å²) in [6, 6.07) is 41.3. The molecule has 0 saturated heterocycles. The summed E-state index contributed by atoms with van der Waals surface area (Å²) in [4.78, 5) is 10.1. The van der Waals surface area contributed by atoms with E-state index in [0.717, 1.165) is 61.9 Å². The number of hydrogen-bond donors (Lipinski definition) is 0. The Morgan fingerprint density at radius 2 is 1.04 bits per heavy atom. The molecule has 0 amide bonds. The highest BCUT2D eigenvalue weighted by Gasteiger charge is 2.21. The van der Waals surface area contributed by atoms with Crippen LogP contribution >= 0.6 is 0 Å². The molecule has 0 spiro atoms. The molecular formula is C40H31N7. The highest BCUT2D eigenvalue weighted by Crippen LogP contribution is 2.36. The first-order valence-electron chi connectivity index (χ1n) is 16.0. The predicted molar refractivity (Wildman–Crippen MR) is 191 cm³/mol. The average Bonchev–Trinajstić information content (AvgIpc) is 3.85. The van der Waals surface area contributed by atoms with Gasteiger partial charge in [-0.1, -0.05) is 54.6 Å². The lowest BCUT2D eigenvalue weighted by Crippen LogP contribution is -2.01. The van der Waals surface area contributed by atoms with Crippen molar-refractivity contribution >= 4 is 55.4 Å². The minimum Gasteiger partial charge on any atom is -0.309 e. The molecule has 0 aliphatic rings. The van der Waals surface area contributed by atoms with Crippen LogP contribution in [0.4, 0.5) is 0 Å². The van der Waals surface area contributed by atoms with Gasteiger partial charge in [0.05, 0.1) is 50.2 Å². The maximum absolute atomic E-state index is 5.13. The molecule has 7 heteroatoms. The van der Waals surface area contributed by atoms with E-state index in [9.17, 15) is 0 Å². The van der Waals surface area contributed by atoms with Crippen molar-refractivity contribution in [1.29, 1.82) is 0 Å². The fraction of sp³-hybridized carbons (Fsp3) is 0.100. The van der Waals surface area contributed by atoms with Crippen LogP contribution in [0.5, 0.6) is 0 Å². The fourth-order valence-electron chi connectivity index (χ4n) is 7.68. The van der Waals surface area contributed by atoms with Crippen LogP contribution in [0.25, 0.3) is 72.5 Å². The van der Waals surface area contributed by atoms with Crippen LogP contribution < -0.4 is 0 Å². The van der Waals surface area contributed by atoms with E-state index in [4.69, 9.17) is 9.97 Å². The number of benzene rings is 5. The molecule has 7 nitrogen and oxygen atoms in total. The Labute approximate surface area is 270 Å². The van der Waals surface area contributed by atoms with Gasteiger partial charge >= 0.3 is 0 Å². The number of aromatic nitrogens is 7. The van der Waals surface area contributed by atoms with E-state index in [2.05, 4.69) is 165 Å². The molecule has 5 aromatic carbocycles. The molecule has 0 aliphatic carbocycles. The summed E-state index contributed by atoms with van der Waals surface area (Å²) in [6.45, 7) is 8.59. The molecule has 0 unspecified atom stereocenters. The first-order valence-corrected chi connectivity index (χ1v) is 16.0. The van der Waals surface area contributed by atoms with Gasteiger partial charge in [0.1, 0.15) is 0 Å². The van der Waals surface area contributed by atoms with Crippen molar-refractivity contribution in [2.24, 2.45) is 0 Å². The number of imidazole rings is 4. The van der Waals surface area contributed by atoms with Gasteiger partial charge in [0.2, 0.25) is 11.6 Å². The van der Waals surface area contributed by atoms with Gasteiger partial charge in [-0.2, -0.15) is 0 Å². The molecule has 0 atom stereocenters. The van der Waals surface area contributed by atoms with Gasteiger partial charge < -0.3 is 4.57 Å². The summed E-state index contributed by atoms with van der Waals surface area (Å²) in [5.74, 6) is 1.86. The van der Waals surface area contributed by atoms with E-state index in [1.807, 2.05) is 0 Å². The first kappa shape index (κ1) is 26.2. The van der Waals surface area contributed by atoms with Crippen LogP contribution in [0.1, 0.15) is 22.8 Å². The Kier molecular flexibility index (Phi) is 5.14. The molecule has 0 aliphatic heterocycles. The summed E-state index contributed by atoms with van der Waals surface area (Å²) < 4.78 is 11.5. The van der Waals surface area contributed by atoms with Crippen molar-refractivity contribution in [2.75, 3.05) is 0 Å². The maximum atomic E-state index is 5.13. The van der Waals surface area contributed by atoms with Crippen molar-refractivity contribution in [3.05, 3.63) is 138 Å². The van der Waals surface area contributed by atoms with E-state index in [1.54, 1.807) is 0 Å². The van der Waals surface area contributed by atoms with Crippen LogP contribution in [-0.4, -0.2) is 32.5 Å². The summed E-state index contributed by atoms with van der Waals surface area (Å²) in [5.41, 5.74) is 14.6. The SMILES string of the molecule is Cc1nc2n(-c3cccc(-n4c5ccccc5c5ccc(-n6c7ccccc7n7c8ccccc8nc67)cc54)c3)c(C)c(C)n2c1C. The van der Waals surface area contributed by atoms with E-state index in [-0.39, 0.29) is 0 Å². The Morgan fingerprint density at radius 1 is 0.404 bits per heavy atom. The lowest BCUT2D eigenvalue weighted by atomic mass is 10.1. The number of para-hydroxylation sites is 5. The number of hydrogen-bond acceptors (Lipinski definition) is 2. The molecule has 10 aromatic rings. The number of rotatable bonds is 3. The van der Waals surface area contributed by atoms with Crippen LogP contribution in [0.15, 0.2) is 115 Å². The lowest BCUT2D eigenvalue weighted by Gasteiger charge is -2.13. The van der Waals surface area contributed by atoms with Gasteiger partial charge in [0, 0.05) is 33.5 Å². The van der Waals surface area contributed by atoms with E-state index < -0.39 is 0 Å². The van der Waals surface area contributed by atoms with Crippen molar-refractivity contribution < 1.29 is 0 Å². The number of fused-ring (bicyclic) bond motifs is 9. The third-order valence-electron chi connectivity index (χ3n) is 10.1. The smallest absolute Gasteiger partial charge is 0.220 e. The Morgan fingerprint density at radius 3 is 1.87 bits per heavy atom. The monoisotopic (exact) mass is 609 g/mol. The first-order chi connectivity index (χ1) is 23.0. The molecule has 226 valence electrons. The highest BCUT2D eigenvalue weighted by atomic mass is 15.2. The van der Waals surface area contributed by atoms with Crippen LogP contribution in [-0.2, 0) is 0 Å². The third kappa shape index (κ3) is 3.40. The largest absolute Gasteiger partial charge is 0.309 e. The molecule has 10 rings (SSSR count). The quantitative estimate of drug-likeness (QED) is 0.201.